The van der Waals surface area contributed by atoms with Crippen molar-refractivity contribution in [1.29, 1.82) is 0 Å². The molecular formula is C18H19N5O2S. The number of benzene rings is 1. The van der Waals surface area contributed by atoms with Crippen molar-refractivity contribution in [3.63, 3.8) is 0 Å². The fraction of sp³-hybridized carbons (Fsp3) is 0.333. The second-order valence-corrected chi connectivity index (χ2v) is 6.84. The molecule has 0 amide bonds. The number of anilines is 1. The number of rotatable bonds is 2. The van der Waals surface area contributed by atoms with Gasteiger partial charge in [0.25, 0.3) is 5.56 Å². The van der Waals surface area contributed by atoms with E-state index in [1.807, 2.05) is 30.9 Å². The van der Waals surface area contributed by atoms with E-state index in [-0.39, 0.29) is 5.56 Å². The van der Waals surface area contributed by atoms with Gasteiger partial charge in [-0.1, -0.05) is 18.3 Å². The van der Waals surface area contributed by atoms with E-state index in [4.69, 9.17) is 17.0 Å². The molecule has 134 valence electrons. The van der Waals surface area contributed by atoms with Crippen LogP contribution in [0.1, 0.15) is 11.1 Å². The highest BCUT2D eigenvalue weighted by Crippen LogP contribution is 2.18. The molecule has 0 unspecified atom stereocenters. The smallest absolute Gasteiger partial charge is 0.264 e. The molecule has 1 aliphatic rings. The van der Waals surface area contributed by atoms with Crippen LogP contribution in [0.3, 0.4) is 0 Å². The van der Waals surface area contributed by atoms with Crippen molar-refractivity contribution in [2.24, 2.45) is 0 Å². The standard InChI is InChI=1S/C18H19N5O2S/c1-11-7-12(2)9-13(8-11)23-10-19-15-14(17(23)26)16(24)21-18(20-15)22-3-5-25-6-4-22/h7-10H,3-6H2,1-2H3,(H,20,21,24). The number of nitrogens with one attached hydrogen (secondary N) is 1. The lowest BCUT2D eigenvalue weighted by Crippen LogP contribution is -2.38. The van der Waals surface area contributed by atoms with E-state index in [0.717, 1.165) is 16.8 Å². The number of morpholine rings is 1. The molecule has 0 aliphatic carbocycles. The van der Waals surface area contributed by atoms with E-state index in [9.17, 15) is 4.79 Å². The van der Waals surface area contributed by atoms with Gasteiger partial charge < -0.3 is 9.64 Å². The molecule has 1 aliphatic heterocycles. The monoisotopic (exact) mass is 369 g/mol. The minimum absolute atomic E-state index is 0.271. The zero-order valence-corrected chi connectivity index (χ0v) is 15.5. The Hall–Kier alpha value is -2.58. The lowest BCUT2D eigenvalue weighted by Gasteiger charge is -2.27. The summed E-state index contributed by atoms with van der Waals surface area (Å²) in [7, 11) is 0. The van der Waals surface area contributed by atoms with Crippen LogP contribution in [0.25, 0.3) is 16.7 Å². The van der Waals surface area contributed by atoms with Crippen LogP contribution in [0.15, 0.2) is 29.3 Å². The first-order valence-corrected chi connectivity index (χ1v) is 8.87. The molecule has 1 aromatic carbocycles. The summed E-state index contributed by atoms with van der Waals surface area (Å²) in [6.45, 7) is 6.65. The van der Waals surface area contributed by atoms with Crippen molar-refractivity contribution in [3.05, 3.63) is 50.6 Å². The summed E-state index contributed by atoms with van der Waals surface area (Å²) in [5.41, 5.74) is 3.22. The lowest BCUT2D eigenvalue weighted by atomic mass is 10.1. The number of aromatic nitrogens is 4. The Kier molecular flexibility index (Phi) is 4.29. The number of aromatic amines is 1. The molecular weight excluding hydrogens is 350 g/mol. The highest BCUT2D eigenvalue weighted by Gasteiger charge is 2.16. The molecule has 0 spiro atoms. The highest BCUT2D eigenvalue weighted by molar-refractivity contribution is 7.71. The Labute approximate surface area is 155 Å². The molecule has 4 rings (SSSR count). The molecule has 26 heavy (non-hydrogen) atoms. The van der Waals surface area contributed by atoms with Crippen molar-refractivity contribution in [2.45, 2.75) is 13.8 Å². The van der Waals surface area contributed by atoms with E-state index in [1.54, 1.807) is 10.9 Å². The van der Waals surface area contributed by atoms with Crippen LogP contribution < -0.4 is 10.5 Å². The Morgan fingerprint density at radius 2 is 1.85 bits per heavy atom. The normalized spacial score (nSPS) is 14.8. The van der Waals surface area contributed by atoms with Gasteiger partial charge in [0.15, 0.2) is 5.65 Å². The molecule has 3 heterocycles. The average molecular weight is 369 g/mol. The molecule has 8 heteroatoms. The zero-order valence-electron chi connectivity index (χ0n) is 14.7. The van der Waals surface area contributed by atoms with Gasteiger partial charge in [-0.3, -0.25) is 14.3 Å². The van der Waals surface area contributed by atoms with Crippen molar-refractivity contribution < 1.29 is 4.74 Å². The van der Waals surface area contributed by atoms with Crippen molar-refractivity contribution in [2.75, 3.05) is 31.2 Å². The van der Waals surface area contributed by atoms with E-state index in [1.165, 1.54) is 0 Å². The Bertz CT molecular complexity index is 1080. The third kappa shape index (κ3) is 3.02. The molecule has 0 saturated carbocycles. The first-order valence-electron chi connectivity index (χ1n) is 8.46. The van der Waals surface area contributed by atoms with Crippen LogP contribution >= 0.6 is 12.2 Å². The average Bonchev–Trinajstić information content (AvgIpc) is 2.61. The second-order valence-electron chi connectivity index (χ2n) is 6.45. The topological polar surface area (TPSA) is 76.0 Å². The maximum Gasteiger partial charge on any atom is 0.264 e. The molecule has 0 bridgehead atoms. The molecule has 3 aromatic rings. The summed E-state index contributed by atoms with van der Waals surface area (Å²) in [6.07, 6.45) is 1.63. The van der Waals surface area contributed by atoms with Crippen molar-refractivity contribution in [1.82, 2.24) is 19.5 Å². The maximum atomic E-state index is 12.7. The van der Waals surface area contributed by atoms with Gasteiger partial charge in [0.05, 0.1) is 13.2 Å². The summed E-state index contributed by atoms with van der Waals surface area (Å²) in [4.78, 5) is 26.5. The van der Waals surface area contributed by atoms with Crippen molar-refractivity contribution in [3.8, 4) is 5.69 Å². The van der Waals surface area contributed by atoms with Gasteiger partial charge in [0.2, 0.25) is 5.95 Å². The summed E-state index contributed by atoms with van der Waals surface area (Å²) >= 11 is 5.58. The number of fused-ring (bicyclic) bond motifs is 1. The number of hydrogen-bond acceptors (Lipinski definition) is 6. The Morgan fingerprint density at radius 1 is 1.15 bits per heavy atom. The summed E-state index contributed by atoms with van der Waals surface area (Å²) in [5, 5.41) is 0.332. The molecule has 2 aromatic heterocycles. The van der Waals surface area contributed by atoms with Crippen LogP contribution in [0.2, 0.25) is 0 Å². The predicted molar refractivity (Wildman–Crippen MR) is 103 cm³/mol. The van der Waals surface area contributed by atoms with Gasteiger partial charge in [-0.25, -0.2) is 4.98 Å². The van der Waals surface area contributed by atoms with Gasteiger partial charge in [0, 0.05) is 18.8 Å². The molecule has 1 fully saturated rings. The third-order valence-corrected chi connectivity index (χ3v) is 4.81. The number of nitrogens with zero attached hydrogens (tertiary/aromatic N) is 4. The van der Waals surface area contributed by atoms with Gasteiger partial charge >= 0.3 is 0 Å². The highest BCUT2D eigenvalue weighted by atomic mass is 32.1. The maximum absolute atomic E-state index is 12.7. The number of ether oxygens (including phenoxy) is 1. The van der Waals surface area contributed by atoms with Crippen LogP contribution in [0.5, 0.6) is 0 Å². The zero-order chi connectivity index (χ0) is 18.3. The van der Waals surface area contributed by atoms with E-state index in [0.29, 0.717) is 47.9 Å². The SMILES string of the molecule is Cc1cc(C)cc(-n2cnc3nc(N4CCOCC4)[nH]c(=O)c3c2=S)c1. The quantitative estimate of drug-likeness (QED) is 0.699. The van der Waals surface area contributed by atoms with Crippen LogP contribution in [-0.4, -0.2) is 45.8 Å². The molecule has 7 nitrogen and oxygen atoms in total. The van der Waals surface area contributed by atoms with Crippen LogP contribution in [0, 0.1) is 18.5 Å². The summed E-state index contributed by atoms with van der Waals surface area (Å²) in [5.74, 6) is 0.511. The fourth-order valence-electron chi connectivity index (χ4n) is 3.22. The minimum atomic E-state index is -0.271. The van der Waals surface area contributed by atoms with E-state index < -0.39 is 0 Å². The van der Waals surface area contributed by atoms with Gasteiger partial charge in [-0.05, 0) is 37.1 Å². The second kappa shape index (κ2) is 6.62. The fourth-order valence-corrected chi connectivity index (χ4v) is 3.56. The number of hydrogen-bond donors (Lipinski definition) is 1. The lowest BCUT2D eigenvalue weighted by molar-refractivity contribution is 0.122. The summed E-state index contributed by atoms with van der Waals surface area (Å²) < 4.78 is 7.50. The van der Waals surface area contributed by atoms with Gasteiger partial charge in [0.1, 0.15) is 16.4 Å². The Balaban J connectivity index is 1.87. The van der Waals surface area contributed by atoms with Crippen LogP contribution in [-0.2, 0) is 4.74 Å². The minimum Gasteiger partial charge on any atom is -0.378 e. The Morgan fingerprint density at radius 3 is 2.54 bits per heavy atom. The largest absolute Gasteiger partial charge is 0.378 e. The number of aryl methyl sites for hydroxylation is 2. The van der Waals surface area contributed by atoms with E-state index in [2.05, 4.69) is 21.0 Å². The van der Waals surface area contributed by atoms with Crippen molar-refractivity contribution >= 4 is 29.2 Å². The van der Waals surface area contributed by atoms with Gasteiger partial charge in [-0.15, -0.1) is 0 Å². The predicted octanol–water partition coefficient (Wildman–Crippen LogP) is 2.29. The molecule has 0 radical (unpaired) electrons. The van der Waals surface area contributed by atoms with Crippen LogP contribution in [0.4, 0.5) is 5.95 Å². The first-order chi connectivity index (χ1) is 12.5. The van der Waals surface area contributed by atoms with E-state index >= 15 is 0 Å². The molecule has 1 saturated heterocycles. The number of H-pyrrole nitrogens is 1. The third-order valence-electron chi connectivity index (χ3n) is 4.41. The first kappa shape index (κ1) is 16.9. The molecule has 1 N–H and O–H groups in total. The molecule has 0 atom stereocenters. The summed E-state index contributed by atoms with van der Waals surface area (Å²) in [6, 6.07) is 6.12. The van der Waals surface area contributed by atoms with Gasteiger partial charge in [-0.2, -0.15) is 4.98 Å².